The summed E-state index contributed by atoms with van der Waals surface area (Å²) in [6.45, 7) is 1.42. The highest BCUT2D eigenvalue weighted by Crippen LogP contribution is 2.45. The lowest BCUT2D eigenvalue weighted by Crippen LogP contribution is -2.53. The number of ketones is 1. The molecule has 0 unspecified atom stereocenters. The van der Waals surface area contributed by atoms with E-state index in [0.29, 0.717) is 30.2 Å². The van der Waals surface area contributed by atoms with Crippen LogP contribution in [0.5, 0.6) is 0 Å². The van der Waals surface area contributed by atoms with E-state index in [-0.39, 0.29) is 11.2 Å². The molecule has 0 N–H and O–H groups in total. The Kier molecular flexibility index (Phi) is 3.32. The van der Waals surface area contributed by atoms with Crippen molar-refractivity contribution >= 4 is 17.2 Å². The number of hydrogen-bond donors (Lipinski definition) is 0. The Morgan fingerprint density at radius 1 is 1.04 bits per heavy atom. The second-order valence-corrected chi connectivity index (χ2v) is 7.22. The first kappa shape index (κ1) is 15.4. The number of hydrogen-bond acceptors (Lipinski definition) is 5. The maximum atomic E-state index is 13.2. The van der Waals surface area contributed by atoms with E-state index in [1.165, 1.54) is 12.1 Å². The van der Waals surface area contributed by atoms with E-state index in [4.69, 9.17) is 5.10 Å². The molecule has 0 amide bonds. The fourth-order valence-electron chi connectivity index (χ4n) is 4.00. The average molecular weight is 351 g/mol. The first-order valence-corrected chi connectivity index (χ1v) is 8.91. The normalized spacial score (nSPS) is 19.1. The highest BCUT2D eigenvalue weighted by atomic mass is 19.1. The quantitative estimate of drug-likeness (QED) is 0.710. The molecule has 3 heterocycles. The molecule has 1 saturated heterocycles. The number of halogens is 1. The molecule has 2 aliphatic rings. The lowest BCUT2D eigenvalue weighted by atomic mass is 9.63. The van der Waals surface area contributed by atoms with E-state index in [9.17, 15) is 9.18 Å². The van der Waals surface area contributed by atoms with Crippen LogP contribution >= 0.6 is 0 Å². The minimum atomic E-state index is -0.292. The molecule has 2 aromatic heterocycles. The molecule has 1 spiro atoms. The molecule has 1 saturated carbocycles. The van der Waals surface area contributed by atoms with Gasteiger partial charge in [0.05, 0.1) is 0 Å². The van der Waals surface area contributed by atoms with Gasteiger partial charge in [0.15, 0.2) is 11.5 Å². The van der Waals surface area contributed by atoms with Crippen molar-refractivity contribution in [1.29, 1.82) is 0 Å². The highest BCUT2D eigenvalue weighted by molar-refractivity contribution is 5.88. The molecular formula is C19H18FN5O. The van der Waals surface area contributed by atoms with Crippen LogP contribution in [0.25, 0.3) is 17.0 Å². The van der Waals surface area contributed by atoms with Crippen LogP contribution in [0.3, 0.4) is 0 Å². The number of Topliss-reactive ketones (excluding diaryl/α,β-unsaturated/α-hetero) is 1. The van der Waals surface area contributed by atoms with Crippen LogP contribution in [0.1, 0.15) is 25.7 Å². The number of carbonyl (C=O) groups excluding carboxylic acids is 1. The molecule has 1 aliphatic heterocycles. The van der Waals surface area contributed by atoms with Gasteiger partial charge < -0.3 is 4.90 Å². The van der Waals surface area contributed by atoms with Crippen LogP contribution in [0, 0.1) is 11.2 Å². The maximum absolute atomic E-state index is 13.2. The largest absolute Gasteiger partial charge is 0.354 e. The summed E-state index contributed by atoms with van der Waals surface area (Å²) < 4.78 is 14.9. The summed E-state index contributed by atoms with van der Waals surface area (Å²) in [7, 11) is 0. The zero-order chi connectivity index (χ0) is 17.7. The summed E-state index contributed by atoms with van der Waals surface area (Å²) in [4.78, 5) is 14.5. The van der Waals surface area contributed by atoms with Gasteiger partial charge in [0.1, 0.15) is 17.4 Å². The molecule has 2 fully saturated rings. The smallest absolute Gasteiger partial charge is 0.185 e. The summed E-state index contributed by atoms with van der Waals surface area (Å²) in [6, 6.07) is 9.95. The van der Waals surface area contributed by atoms with Gasteiger partial charge in [0.2, 0.25) is 0 Å². The number of fused-ring (bicyclic) bond motifs is 1. The van der Waals surface area contributed by atoms with E-state index in [1.807, 2.05) is 12.1 Å². The first-order chi connectivity index (χ1) is 12.6. The van der Waals surface area contributed by atoms with Gasteiger partial charge >= 0.3 is 0 Å². The molecule has 132 valence electrons. The molecule has 5 rings (SSSR count). The van der Waals surface area contributed by atoms with Crippen molar-refractivity contribution in [2.45, 2.75) is 25.7 Å². The van der Waals surface area contributed by atoms with Gasteiger partial charge in [-0.2, -0.15) is 4.52 Å². The molecule has 1 aromatic carbocycles. The van der Waals surface area contributed by atoms with E-state index in [2.05, 4.69) is 15.1 Å². The third kappa shape index (κ3) is 2.30. The summed E-state index contributed by atoms with van der Waals surface area (Å²) in [5.41, 5.74) is 1.23. The second-order valence-electron chi connectivity index (χ2n) is 7.22. The molecule has 7 heteroatoms. The Labute approximate surface area is 149 Å². The number of nitrogens with zero attached hydrogens (tertiary/aromatic N) is 5. The third-order valence-electron chi connectivity index (χ3n) is 5.68. The second kappa shape index (κ2) is 5.59. The van der Waals surface area contributed by atoms with Crippen LogP contribution in [0.4, 0.5) is 10.2 Å². The number of carbonyl (C=O) groups is 1. The Bertz CT molecular complexity index is 993. The predicted molar refractivity (Wildman–Crippen MR) is 94.3 cm³/mol. The Hall–Kier alpha value is -2.83. The van der Waals surface area contributed by atoms with Gasteiger partial charge in [0.25, 0.3) is 0 Å². The maximum Gasteiger partial charge on any atom is 0.185 e. The lowest BCUT2D eigenvalue weighted by Gasteiger charge is -2.47. The first-order valence-electron chi connectivity index (χ1n) is 8.91. The van der Waals surface area contributed by atoms with Crippen molar-refractivity contribution in [3.05, 3.63) is 42.2 Å². The monoisotopic (exact) mass is 351 g/mol. The molecule has 3 aromatic rings. The highest BCUT2D eigenvalue weighted by Gasteiger charge is 2.47. The number of piperidine rings is 1. The molecule has 1 aliphatic carbocycles. The summed E-state index contributed by atoms with van der Waals surface area (Å²) in [5, 5.41) is 13.1. The van der Waals surface area contributed by atoms with E-state index in [1.54, 1.807) is 16.6 Å². The molecule has 0 atom stereocenters. The van der Waals surface area contributed by atoms with Crippen molar-refractivity contribution in [1.82, 2.24) is 19.8 Å². The fraction of sp³-hybridized carbons (Fsp3) is 0.368. The van der Waals surface area contributed by atoms with Crippen molar-refractivity contribution in [2.24, 2.45) is 5.41 Å². The zero-order valence-electron chi connectivity index (χ0n) is 14.2. The van der Waals surface area contributed by atoms with Gasteiger partial charge in [-0.05, 0) is 49.2 Å². The molecule has 26 heavy (non-hydrogen) atoms. The van der Waals surface area contributed by atoms with Crippen LogP contribution < -0.4 is 4.90 Å². The minimum Gasteiger partial charge on any atom is -0.354 e. The van der Waals surface area contributed by atoms with Crippen molar-refractivity contribution in [2.75, 3.05) is 18.0 Å². The molecular weight excluding hydrogens is 333 g/mol. The van der Waals surface area contributed by atoms with Crippen molar-refractivity contribution in [3.8, 4) is 11.4 Å². The van der Waals surface area contributed by atoms with Crippen molar-refractivity contribution in [3.63, 3.8) is 0 Å². The Morgan fingerprint density at radius 2 is 1.85 bits per heavy atom. The summed E-state index contributed by atoms with van der Waals surface area (Å²) >= 11 is 0. The standard InChI is InChI=1S/C19H18FN5O/c20-14-4-2-13(3-5-14)18-22-21-16-6-7-17(23-25(16)18)24-11-8-15(26)19(12-24)9-1-10-19/h2-7H,1,8-12H2. The van der Waals surface area contributed by atoms with Crippen LogP contribution in [0.15, 0.2) is 36.4 Å². The molecule has 6 nitrogen and oxygen atoms in total. The topological polar surface area (TPSA) is 63.4 Å². The van der Waals surface area contributed by atoms with E-state index < -0.39 is 0 Å². The van der Waals surface area contributed by atoms with E-state index in [0.717, 1.165) is 37.2 Å². The number of aromatic nitrogens is 4. The predicted octanol–water partition coefficient (Wildman–Crippen LogP) is 2.88. The van der Waals surface area contributed by atoms with Gasteiger partial charge in [-0.3, -0.25) is 4.79 Å². The number of rotatable bonds is 2. The lowest BCUT2D eigenvalue weighted by molar-refractivity contribution is -0.134. The van der Waals surface area contributed by atoms with Gasteiger partial charge in [-0.1, -0.05) is 6.42 Å². The summed E-state index contributed by atoms with van der Waals surface area (Å²) in [5.74, 6) is 1.50. The summed E-state index contributed by atoms with van der Waals surface area (Å²) in [6.07, 6.45) is 3.68. The van der Waals surface area contributed by atoms with Crippen molar-refractivity contribution < 1.29 is 9.18 Å². The Balaban J connectivity index is 1.52. The fourth-order valence-corrected chi connectivity index (χ4v) is 4.00. The molecule has 0 bridgehead atoms. The molecule has 0 radical (unpaired) electrons. The van der Waals surface area contributed by atoms with Crippen LogP contribution in [-0.4, -0.2) is 38.7 Å². The van der Waals surface area contributed by atoms with Crippen LogP contribution in [-0.2, 0) is 4.79 Å². The van der Waals surface area contributed by atoms with Gasteiger partial charge in [0, 0.05) is 30.5 Å². The Morgan fingerprint density at radius 3 is 2.58 bits per heavy atom. The average Bonchev–Trinajstić information content (AvgIpc) is 3.04. The van der Waals surface area contributed by atoms with Crippen LogP contribution in [0.2, 0.25) is 0 Å². The van der Waals surface area contributed by atoms with Gasteiger partial charge in [-0.25, -0.2) is 4.39 Å². The zero-order valence-corrected chi connectivity index (χ0v) is 14.2. The van der Waals surface area contributed by atoms with E-state index >= 15 is 0 Å². The number of benzene rings is 1. The third-order valence-corrected chi connectivity index (χ3v) is 5.68. The SMILES string of the molecule is O=C1CCN(c2ccc3nnc(-c4ccc(F)cc4)n3n2)CC12CCC2. The minimum absolute atomic E-state index is 0.165. The van der Waals surface area contributed by atoms with Gasteiger partial charge in [-0.15, -0.1) is 15.3 Å². The number of anilines is 1.